The van der Waals surface area contributed by atoms with Crippen molar-refractivity contribution in [1.82, 2.24) is 20.4 Å². The lowest BCUT2D eigenvalue weighted by Crippen LogP contribution is -2.49. The molecule has 2 N–H and O–H groups in total. The first-order valence-electron chi connectivity index (χ1n) is 10.1. The number of carbonyl (C=O) groups excluding carboxylic acids is 2. The number of rotatable bonds is 8. The summed E-state index contributed by atoms with van der Waals surface area (Å²) in [4.78, 5) is 25.8. The maximum atomic E-state index is 12.8. The largest absolute Gasteiger partial charge is 0.350 e. The van der Waals surface area contributed by atoms with E-state index in [0.29, 0.717) is 18.0 Å². The molecule has 3 aromatic rings. The lowest BCUT2D eigenvalue weighted by molar-refractivity contribution is -0.124. The van der Waals surface area contributed by atoms with Crippen LogP contribution in [0.15, 0.2) is 47.8 Å². The van der Waals surface area contributed by atoms with Gasteiger partial charge < -0.3 is 10.6 Å². The Morgan fingerprint density at radius 1 is 1.10 bits per heavy atom. The van der Waals surface area contributed by atoms with Gasteiger partial charge in [0.1, 0.15) is 6.04 Å². The van der Waals surface area contributed by atoms with E-state index in [1.54, 1.807) is 6.07 Å². The smallest absolute Gasteiger partial charge is 0.262 e. The van der Waals surface area contributed by atoms with Crippen molar-refractivity contribution in [3.05, 3.63) is 75.2 Å². The summed E-state index contributed by atoms with van der Waals surface area (Å²) in [5.74, 6) is -0.441. The summed E-state index contributed by atoms with van der Waals surface area (Å²) in [6, 6.07) is 13.1. The molecule has 3 rings (SSSR count). The van der Waals surface area contributed by atoms with E-state index in [9.17, 15) is 9.59 Å². The van der Waals surface area contributed by atoms with E-state index < -0.39 is 6.04 Å². The average molecular weight is 425 g/mol. The Bertz CT molecular complexity index is 994. The molecule has 0 unspecified atom stereocenters. The van der Waals surface area contributed by atoms with Crippen molar-refractivity contribution < 1.29 is 9.59 Å². The molecule has 0 aliphatic heterocycles. The van der Waals surface area contributed by atoms with Crippen LogP contribution in [0.4, 0.5) is 0 Å². The molecular weight excluding hydrogens is 396 g/mol. The number of aromatic nitrogens is 2. The SMILES string of the molecule is Cc1nn(Cc2ccccc2)c(C)c1CNC(=O)[C@H](NC(=O)c1cccs1)C(C)C. The number of hydrogen-bond donors (Lipinski definition) is 2. The van der Waals surface area contributed by atoms with Gasteiger partial charge in [0.05, 0.1) is 17.1 Å². The van der Waals surface area contributed by atoms with Gasteiger partial charge in [-0.05, 0) is 36.8 Å². The molecule has 0 aliphatic rings. The minimum Gasteiger partial charge on any atom is -0.350 e. The van der Waals surface area contributed by atoms with E-state index in [1.165, 1.54) is 16.9 Å². The summed E-state index contributed by atoms with van der Waals surface area (Å²) < 4.78 is 1.96. The van der Waals surface area contributed by atoms with Crippen molar-refractivity contribution in [2.24, 2.45) is 5.92 Å². The van der Waals surface area contributed by atoms with Gasteiger partial charge in [0, 0.05) is 17.8 Å². The third-order valence-electron chi connectivity index (χ3n) is 5.13. The zero-order valence-corrected chi connectivity index (χ0v) is 18.6. The topological polar surface area (TPSA) is 76.0 Å². The predicted molar refractivity (Wildman–Crippen MR) is 120 cm³/mol. The maximum Gasteiger partial charge on any atom is 0.262 e. The number of amides is 2. The van der Waals surface area contributed by atoms with Crippen molar-refractivity contribution in [3.8, 4) is 0 Å². The predicted octanol–water partition coefficient (Wildman–Crippen LogP) is 3.68. The van der Waals surface area contributed by atoms with Crippen molar-refractivity contribution in [2.75, 3.05) is 0 Å². The molecule has 0 radical (unpaired) electrons. The van der Waals surface area contributed by atoms with Gasteiger partial charge in [0.25, 0.3) is 5.91 Å². The molecule has 0 aliphatic carbocycles. The van der Waals surface area contributed by atoms with Gasteiger partial charge in [0.15, 0.2) is 0 Å². The highest BCUT2D eigenvalue weighted by Crippen LogP contribution is 2.15. The average Bonchev–Trinajstić information content (AvgIpc) is 3.34. The van der Waals surface area contributed by atoms with Crippen LogP contribution in [-0.4, -0.2) is 27.6 Å². The summed E-state index contributed by atoms with van der Waals surface area (Å²) in [7, 11) is 0. The van der Waals surface area contributed by atoms with Gasteiger partial charge in [-0.25, -0.2) is 0 Å². The first-order chi connectivity index (χ1) is 14.4. The molecule has 2 heterocycles. The summed E-state index contributed by atoms with van der Waals surface area (Å²) in [6.45, 7) is 8.88. The molecule has 2 amide bonds. The number of hydrogen-bond acceptors (Lipinski definition) is 4. The normalized spacial score (nSPS) is 12.0. The van der Waals surface area contributed by atoms with Crippen molar-refractivity contribution in [1.29, 1.82) is 0 Å². The summed E-state index contributed by atoms with van der Waals surface area (Å²) in [5, 5.41) is 12.3. The Morgan fingerprint density at radius 2 is 1.83 bits per heavy atom. The first kappa shape index (κ1) is 21.8. The van der Waals surface area contributed by atoms with E-state index in [4.69, 9.17) is 0 Å². The Kier molecular flexibility index (Phi) is 7.05. The summed E-state index contributed by atoms with van der Waals surface area (Å²) in [6.07, 6.45) is 0. The molecule has 7 heteroatoms. The molecule has 30 heavy (non-hydrogen) atoms. The molecule has 1 aromatic carbocycles. The molecule has 2 aromatic heterocycles. The molecule has 0 spiro atoms. The molecule has 158 valence electrons. The highest BCUT2D eigenvalue weighted by molar-refractivity contribution is 7.12. The van der Waals surface area contributed by atoms with Crippen LogP contribution in [0.2, 0.25) is 0 Å². The maximum absolute atomic E-state index is 12.8. The van der Waals surface area contributed by atoms with Crippen LogP contribution in [0.25, 0.3) is 0 Å². The van der Waals surface area contributed by atoms with Crippen LogP contribution < -0.4 is 10.6 Å². The lowest BCUT2D eigenvalue weighted by Gasteiger charge is -2.21. The van der Waals surface area contributed by atoms with E-state index in [-0.39, 0.29) is 17.7 Å². The van der Waals surface area contributed by atoms with Crippen molar-refractivity contribution >= 4 is 23.2 Å². The second kappa shape index (κ2) is 9.71. The van der Waals surface area contributed by atoms with Crippen molar-refractivity contribution in [2.45, 2.75) is 46.8 Å². The first-order valence-corrected chi connectivity index (χ1v) is 10.9. The Morgan fingerprint density at radius 3 is 2.47 bits per heavy atom. The van der Waals surface area contributed by atoms with Crippen LogP contribution in [-0.2, 0) is 17.9 Å². The summed E-state index contributed by atoms with van der Waals surface area (Å²) >= 11 is 1.36. The number of aryl methyl sites for hydroxylation is 1. The second-order valence-corrected chi connectivity index (χ2v) is 8.63. The minimum atomic E-state index is -0.598. The fourth-order valence-corrected chi connectivity index (χ4v) is 3.97. The Balaban J connectivity index is 1.66. The lowest BCUT2D eigenvalue weighted by atomic mass is 10.0. The number of carbonyl (C=O) groups is 2. The molecule has 0 saturated carbocycles. The monoisotopic (exact) mass is 424 g/mol. The zero-order valence-electron chi connectivity index (χ0n) is 17.8. The standard InChI is InChI=1S/C23H28N4O2S/c1-15(2)21(25-22(28)20-11-8-12-30-20)23(29)24-13-19-16(3)26-27(17(19)4)14-18-9-6-5-7-10-18/h5-12,15,21H,13-14H2,1-4H3,(H,24,29)(H,25,28)/t21-/m1/s1. The van der Waals surface area contributed by atoms with Gasteiger partial charge in [0.2, 0.25) is 5.91 Å². The van der Waals surface area contributed by atoms with Crippen LogP contribution in [0.1, 0.15) is 46.0 Å². The fraction of sp³-hybridized carbons (Fsp3) is 0.348. The van der Waals surface area contributed by atoms with Crippen LogP contribution in [0.3, 0.4) is 0 Å². The number of thiophene rings is 1. The van der Waals surface area contributed by atoms with Gasteiger partial charge in [-0.1, -0.05) is 50.2 Å². The zero-order chi connectivity index (χ0) is 21.7. The minimum absolute atomic E-state index is 0.0306. The number of nitrogens with zero attached hydrogens (tertiary/aromatic N) is 2. The third kappa shape index (κ3) is 5.16. The van der Waals surface area contributed by atoms with Crippen molar-refractivity contribution in [3.63, 3.8) is 0 Å². The van der Waals surface area contributed by atoms with Gasteiger partial charge in [-0.2, -0.15) is 5.10 Å². The molecule has 0 bridgehead atoms. The molecular formula is C23H28N4O2S. The Labute approximate surface area is 181 Å². The number of benzene rings is 1. The highest BCUT2D eigenvalue weighted by atomic mass is 32.1. The van der Waals surface area contributed by atoms with Crippen LogP contribution in [0, 0.1) is 19.8 Å². The van der Waals surface area contributed by atoms with Gasteiger partial charge in [-0.3, -0.25) is 14.3 Å². The molecule has 0 fully saturated rings. The van der Waals surface area contributed by atoms with Crippen LogP contribution >= 0.6 is 11.3 Å². The van der Waals surface area contributed by atoms with Gasteiger partial charge in [-0.15, -0.1) is 11.3 Å². The van der Waals surface area contributed by atoms with Gasteiger partial charge >= 0.3 is 0 Å². The van der Waals surface area contributed by atoms with Crippen LogP contribution in [0.5, 0.6) is 0 Å². The van der Waals surface area contributed by atoms with E-state index >= 15 is 0 Å². The Hall–Kier alpha value is -2.93. The van der Waals surface area contributed by atoms with E-state index in [1.807, 2.05) is 62.0 Å². The quantitative estimate of drug-likeness (QED) is 0.579. The molecule has 0 saturated heterocycles. The molecule has 1 atom stereocenters. The van der Waals surface area contributed by atoms with E-state index in [0.717, 1.165) is 17.0 Å². The highest BCUT2D eigenvalue weighted by Gasteiger charge is 2.25. The van der Waals surface area contributed by atoms with E-state index in [2.05, 4.69) is 27.9 Å². The third-order valence-corrected chi connectivity index (χ3v) is 6.00. The number of nitrogens with one attached hydrogen (secondary N) is 2. The molecule has 6 nitrogen and oxygen atoms in total. The fourth-order valence-electron chi connectivity index (χ4n) is 3.34. The summed E-state index contributed by atoms with van der Waals surface area (Å²) in [5.41, 5.74) is 4.11. The second-order valence-electron chi connectivity index (χ2n) is 7.68.